The molecule has 0 radical (unpaired) electrons. The Morgan fingerprint density at radius 3 is 1.41 bits per heavy atom. The summed E-state index contributed by atoms with van der Waals surface area (Å²) in [6.07, 6.45) is 28.1. The van der Waals surface area contributed by atoms with Crippen LogP contribution in [-0.2, 0) is 20.0 Å². The second-order valence-electron chi connectivity index (χ2n) is 5.65. The van der Waals surface area contributed by atoms with Gasteiger partial charge in [0.1, 0.15) is 0 Å². The van der Waals surface area contributed by atoms with Crippen LogP contribution in [0.5, 0.6) is 0 Å². The van der Waals surface area contributed by atoms with Crippen molar-refractivity contribution < 1.29 is 44.8 Å². The maximum atomic E-state index is 3.25. The Kier molecular flexibility index (Phi) is 12.6. The predicted octanol–water partition coefficient (Wildman–Crippen LogP) is -1.34. The first kappa shape index (κ1) is 22.1. The van der Waals surface area contributed by atoms with E-state index in [1.165, 1.54) is 25.7 Å². The first-order chi connectivity index (χ1) is 9.93. The minimum atomic E-state index is 0. The van der Waals surface area contributed by atoms with E-state index in [1.807, 2.05) is 0 Å². The minimum absolute atomic E-state index is 0. The van der Waals surface area contributed by atoms with Gasteiger partial charge in [-0.2, -0.15) is 12.8 Å². The Bertz CT molecular complexity index is 338. The van der Waals surface area contributed by atoms with Gasteiger partial charge in [0.05, 0.1) is 0 Å². The summed E-state index contributed by atoms with van der Waals surface area (Å²) in [7, 11) is 0. The van der Waals surface area contributed by atoms with E-state index in [1.54, 1.807) is 20.0 Å². The summed E-state index contributed by atoms with van der Waals surface area (Å²) in [5.74, 6) is 3.23. The normalized spacial score (nSPS) is 32.3. The largest absolute Gasteiger partial charge is 1.00 e. The van der Waals surface area contributed by atoms with Crippen LogP contribution in [0.15, 0.2) is 48.6 Å². The van der Waals surface area contributed by atoms with Crippen molar-refractivity contribution in [2.75, 3.05) is 0 Å². The van der Waals surface area contributed by atoms with Crippen LogP contribution >= 0.6 is 0 Å². The van der Waals surface area contributed by atoms with E-state index in [2.05, 4.69) is 66.3 Å². The topological polar surface area (TPSA) is 0 Å². The summed E-state index contributed by atoms with van der Waals surface area (Å²) in [6.45, 7) is 0. The van der Waals surface area contributed by atoms with Crippen LogP contribution in [0.3, 0.4) is 0 Å². The summed E-state index contributed by atoms with van der Waals surface area (Å²) >= 11 is 1.75. The van der Waals surface area contributed by atoms with Gasteiger partial charge in [-0.1, -0.05) is 49.3 Å². The molecule has 0 nitrogen and oxygen atoms in total. The smallest absolute Gasteiger partial charge is 1.00 e. The molecule has 4 rings (SSSR count). The van der Waals surface area contributed by atoms with Gasteiger partial charge in [-0.25, -0.2) is 0 Å². The van der Waals surface area contributed by atoms with Crippen molar-refractivity contribution >= 4 is 4.82 Å². The van der Waals surface area contributed by atoms with Crippen molar-refractivity contribution in [3.63, 3.8) is 0 Å². The molecular formula is C19H24Cl2Ti-2. The summed E-state index contributed by atoms with van der Waals surface area (Å²) in [5.41, 5.74) is 0. The fourth-order valence-corrected chi connectivity index (χ4v) is 3.39. The second kappa shape index (κ2) is 12.5. The monoisotopic (exact) mass is 370 g/mol. The van der Waals surface area contributed by atoms with Gasteiger partial charge < -0.3 is 37.7 Å². The van der Waals surface area contributed by atoms with Crippen molar-refractivity contribution in [2.45, 2.75) is 25.7 Å². The number of fused-ring (bicyclic) bond motifs is 2. The molecule has 4 unspecified atom stereocenters. The zero-order chi connectivity index (χ0) is 14.2. The molecule has 0 aromatic heterocycles. The van der Waals surface area contributed by atoms with Gasteiger partial charge in [-0.15, -0.1) is 24.0 Å². The van der Waals surface area contributed by atoms with Gasteiger partial charge in [0.2, 0.25) is 0 Å². The van der Waals surface area contributed by atoms with E-state index < -0.39 is 0 Å². The molecule has 0 heterocycles. The molecule has 0 aliphatic heterocycles. The third-order valence-electron chi connectivity index (χ3n) is 4.47. The van der Waals surface area contributed by atoms with Crippen LogP contribution < -0.4 is 24.8 Å². The quantitative estimate of drug-likeness (QED) is 0.365. The van der Waals surface area contributed by atoms with Crippen molar-refractivity contribution in [3.05, 3.63) is 61.4 Å². The van der Waals surface area contributed by atoms with Gasteiger partial charge in [-0.05, 0) is 11.8 Å². The SMILES string of the molecule is C1=CC2[CH-]CCC2C=C1.C1=CC2[CH-]CCC2C=C1.[CH2]=[Ti+2].[Cl-].[Cl-]. The van der Waals surface area contributed by atoms with Gasteiger partial charge in [-0.3, -0.25) is 0 Å². The standard InChI is InChI=1S/2C9H11.CH2.2ClH.Ti/c2*1-2-5-9-7-3-6-8(9)4-1;;;;/h2*1-2,4-6,8-9H,3,7H2;1H2;2*1H;/q2*-1;;;;+2/p-2. The average Bonchev–Trinajstić information content (AvgIpc) is 3.18. The first-order valence-electron chi connectivity index (χ1n) is 7.65. The van der Waals surface area contributed by atoms with E-state index in [4.69, 9.17) is 0 Å². The summed E-state index contributed by atoms with van der Waals surface area (Å²) in [4.78, 5) is 3.25. The minimum Gasteiger partial charge on any atom is -1.00 e. The van der Waals surface area contributed by atoms with Crippen LogP contribution in [0.4, 0.5) is 0 Å². The molecule has 0 saturated heterocycles. The first-order valence-corrected chi connectivity index (χ1v) is 8.76. The van der Waals surface area contributed by atoms with Crippen LogP contribution in [0.25, 0.3) is 0 Å². The molecular weight excluding hydrogens is 347 g/mol. The van der Waals surface area contributed by atoms with E-state index in [0.717, 1.165) is 23.7 Å². The summed E-state index contributed by atoms with van der Waals surface area (Å²) in [5, 5.41) is 0. The molecule has 0 aromatic carbocycles. The molecule has 2 fully saturated rings. The second-order valence-corrected chi connectivity index (χ2v) is 5.65. The molecule has 4 atom stereocenters. The van der Waals surface area contributed by atoms with Crippen molar-refractivity contribution in [2.24, 2.45) is 23.7 Å². The number of hydrogen-bond donors (Lipinski definition) is 0. The molecule has 4 aliphatic carbocycles. The van der Waals surface area contributed by atoms with Gasteiger partial charge in [0.15, 0.2) is 0 Å². The number of hydrogen-bond acceptors (Lipinski definition) is 0. The van der Waals surface area contributed by atoms with E-state index in [-0.39, 0.29) is 24.8 Å². The van der Waals surface area contributed by atoms with Crippen molar-refractivity contribution in [3.8, 4) is 0 Å². The van der Waals surface area contributed by atoms with Gasteiger partial charge >= 0.3 is 24.8 Å². The fraction of sp³-hybridized carbons (Fsp3) is 0.421. The number of allylic oxidation sites excluding steroid dienone is 8. The molecule has 0 spiro atoms. The summed E-state index contributed by atoms with van der Waals surface area (Å²) < 4.78 is 0. The Hall–Kier alpha value is 0.124. The van der Waals surface area contributed by atoms with Crippen LogP contribution in [0.2, 0.25) is 0 Å². The molecule has 0 N–H and O–H groups in total. The molecule has 0 amide bonds. The average molecular weight is 371 g/mol. The van der Waals surface area contributed by atoms with Crippen molar-refractivity contribution in [1.82, 2.24) is 0 Å². The molecule has 2 saturated carbocycles. The number of halogens is 2. The fourth-order valence-electron chi connectivity index (χ4n) is 3.39. The molecule has 3 heteroatoms. The van der Waals surface area contributed by atoms with Crippen LogP contribution in [0.1, 0.15) is 25.7 Å². The third kappa shape index (κ3) is 6.32. The molecule has 0 aromatic rings. The van der Waals surface area contributed by atoms with Crippen LogP contribution in [-0.4, -0.2) is 4.82 Å². The molecule has 4 aliphatic rings. The number of rotatable bonds is 0. The van der Waals surface area contributed by atoms with Gasteiger partial charge in [0.25, 0.3) is 0 Å². The van der Waals surface area contributed by atoms with Gasteiger partial charge in [0, 0.05) is 0 Å². The molecule has 22 heavy (non-hydrogen) atoms. The maximum absolute atomic E-state index is 3.25. The van der Waals surface area contributed by atoms with Crippen molar-refractivity contribution in [1.29, 1.82) is 0 Å². The predicted molar refractivity (Wildman–Crippen MR) is 84.7 cm³/mol. The van der Waals surface area contributed by atoms with Crippen LogP contribution in [0, 0.1) is 36.5 Å². The maximum Gasteiger partial charge on any atom is -1.00 e. The molecule has 120 valence electrons. The van der Waals surface area contributed by atoms with E-state index in [9.17, 15) is 0 Å². The Morgan fingerprint density at radius 1 is 0.682 bits per heavy atom. The zero-order valence-corrected chi connectivity index (χ0v) is 15.9. The van der Waals surface area contributed by atoms with E-state index in [0.29, 0.717) is 0 Å². The summed E-state index contributed by atoms with van der Waals surface area (Å²) in [6, 6.07) is 0. The van der Waals surface area contributed by atoms with E-state index >= 15 is 0 Å². The Balaban J connectivity index is 0.000000334. The Morgan fingerprint density at radius 2 is 1.05 bits per heavy atom. The Labute approximate surface area is 159 Å². The zero-order valence-electron chi connectivity index (χ0n) is 12.9. The third-order valence-corrected chi connectivity index (χ3v) is 4.47. The molecule has 0 bridgehead atoms.